The second kappa shape index (κ2) is 5.93. The molecule has 1 fully saturated rings. The first kappa shape index (κ1) is 13.7. The summed E-state index contributed by atoms with van der Waals surface area (Å²) in [5.74, 6) is -0.901. The molecule has 4 nitrogen and oxygen atoms in total. The number of carbonyl (C=O) groups excluding carboxylic acids is 2. The van der Waals surface area contributed by atoms with Gasteiger partial charge in [0.2, 0.25) is 5.91 Å². The van der Waals surface area contributed by atoms with Crippen LogP contribution >= 0.6 is 0 Å². The van der Waals surface area contributed by atoms with Crippen molar-refractivity contribution in [3.05, 3.63) is 35.6 Å². The fraction of sp³-hybridized carbons (Fsp3) is 0.429. The summed E-state index contributed by atoms with van der Waals surface area (Å²) in [4.78, 5) is 25.1. The Hall–Kier alpha value is -1.75. The van der Waals surface area contributed by atoms with Crippen LogP contribution in [0.3, 0.4) is 0 Å². The van der Waals surface area contributed by atoms with Crippen LogP contribution in [0.25, 0.3) is 0 Å². The highest BCUT2D eigenvalue weighted by atomic mass is 19.1. The maximum absolute atomic E-state index is 12.8. The van der Waals surface area contributed by atoms with E-state index in [9.17, 15) is 14.0 Å². The van der Waals surface area contributed by atoms with Gasteiger partial charge in [-0.15, -0.1) is 0 Å². The van der Waals surface area contributed by atoms with Crippen molar-refractivity contribution in [1.29, 1.82) is 0 Å². The van der Waals surface area contributed by atoms with E-state index >= 15 is 0 Å². The third-order valence-corrected chi connectivity index (χ3v) is 3.44. The van der Waals surface area contributed by atoms with Gasteiger partial charge in [-0.2, -0.15) is 0 Å². The summed E-state index contributed by atoms with van der Waals surface area (Å²) < 4.78 is 12.8. The van der Waals surface area contributed by atoms with Crippen molar-refractivity contribution in [2.45, 2.75) is 12.8 Å². The number of amides is 1. The lowest BCUT2D eigenvalue weighted by molar-refractivity contribution is -0.123. The van der Waals surface area contributed by atoms with E-state index < -0.39 is 0 Å². The lowest BCUT2D eigenvalue weighted by Crippen LogP contribution is -2.43. The number of rotatable bonds is 4. The minimum atomic E-state index is -0.358. The first-order valence-electron chi connectivity index (χ1n) is 6.36. The Bertz CT molecular complexity index is 473. The van der Waals surface area contributed by atoms with Crippen LogP contribution in [0.5, 0.6) is 0 Å². The number of halogens is 1. The van der Waals surface area contributed by atoms with Gasteiger partial charge in [0.15, 0.2) is 5.78 Å². The molecule has 0 saturated carbocycles. The number of ketones is 1. The number of piperidine rings is 1. The van der Waals surface area contributed by atoms with Gasteiger partial charge in [0.05, 0.1) is 12.5 Å². The molecule has 1 atom stereocenters. The van der Waals surface area contributed by atoms with Crippen LogP contribution in [0.4, 0.5) is 4.39 Å². The first-order chi connectivity index (χ1) is 9.06. The zero-order chi connectivity index (χ0) is 13.8. The van der Waals surface area contributed by atoms with Gasteiger partial charge in [-0.3, -0.25) is 14.5 Å². The maximum Gasteiger partial charge on any atom is 0.221 e. The van der Waals surface area contributed by atoms with E-state index in [1.165, 1.54) is 24.3 Å². The second-order valence-electron chi connectivity index (χ2n) is 4.91. The maximum atomic E-state index is 12.8. The summed E-state index contributed by atoms with van der Waals surface area (Å²) in [5, 5.41) is 0. The normalized spacial score (nSPS) is 20.2. The predicted octanol–water partition coefficient (Wildman–Crippen LogP) is 1.21. The van der Waals surface area contributed by atoms with Gasteiger partial charge in [0, 0.05) is 12.1 Å². The average Bonchev–Trinajstić information content (AvgIpc) is 2.39. The topological polar surface area (TPSA) is 63.4 Å². The summed E-state index contributed by atoms with van der Waals surface area (Å²) in [5.41, 5.74) is 5.78. The quantitative estimate of drug-likeness (QED) is 0.831. The summed E-state index contributed by atoms with van der Waals surface area (Å²) >= 11 is 0. The second-order valence-corrected chi connectivity index (χ2v) is 4.91. The minimum absolute atomic E-state index is 0.0647. The Morgan fingerprint density at radius 3 is 2.63 bits per heavy atom. The fourth-order valence-corrected chi connectivity index (χ4v) is 2.36. The number of primary amides is 1. The number of nitrogens with two attached hydrogens (primary N) is 1. The summed E-state index contributed by atoms with van der Waals surface area (Å²) in [6.45, 7) is 1.56. The van der Waals surface area contributed by atoms with Crippen LogP contribution < -0.4 is 5.73 Å². The summed E-state index contributed by atoms with van der Waals surface area (Å²) in [6.07, 6.45) is 1.65. The van der Waals surface area contributed by atoms with Gasteiger partial charge < -0.3 is 5.73 Å². The van der Waals surface area contributed by atoms with E-state index in [0.29, 0.717) is 12.1 Å². The molecular weight excluding hydrogens is 247 g/mol. The standard InChI is InChI=1S/C14H17FN2O2/c15-12-5-3-10(4-6-12)13(18)9-17-7-1-2-11(8-17)14(16)19/h3-6,11H,1-2,7-9H2,(H2,16,19). The molecule has 1 aliphatic rings. The molecule has 2 rings (SSSR count). The highest BCUT2D eigenvalue weighted by Crippen LogP contribution is 2.16. The lowest BCUT2D eigenvalue weighted by atomic mass is 9.97. The van der Waals surface area contributed by atoms with E-state index in [4.69, 9.17) is 5.73 Å². The molecule has 1 saturated heterocycles. The fourth-order valence-electron chi connectivity index (χ4n) is 2.36. The van der Waals surface area contributed by atoms with Gasteiger partial charge >= 0.3 is 0 Å². The molecule has 1 aliphatic heterocycles. The molecule has 0 spiro atoms. The van der Waals surface area contributed by atoms with Crippen LogP contribution in [-0.4, -0.2) is 36.2 Å². The zero-order valence-corrected chi connectivity index (χ0v) is 10.6. The molecule has 1 amide bonds. The van der Waals surface area contributed by atoms with Crippen LogP contribution in [0.1, 0.15) is 23.2 Å². The smallest absolute Gasteiger partial charge is 0.221 e. The molecule has 102 valence electrons. The molecule has 0 radical (unpaired) electrons. The number of hydrogen-bond acceptors (Lipinski definition) is 3. The van der Waals surface area contributed by atoms with Crippen molar-refractivity contribution in [3.63, 3.8) is 0 Å². The molecule has 1 unspecified atom stereocenters. The molecule has 0 aliphatic carbocycles. The van der Waals surface area contributed by atoms with E-state index in [-0.39, 0.29) is 30.0 Å². The summed E-state index contributed by atoms with van der Waals surface area (Å²) in [7, 11) is 0. The molecule has 1 heterocycles. The van der Waals surface area contributed by atoms with Crippen molar-refractivity contribution < 1.29 is 14.0 Å². The monoisotopic (exact) mass is 264 g/mol. The van der Waals surface area contributed by atoms with E-state index in [0.717, 1.165) is 19.4 Å². The number of benzene rings is 1. The largest absolute Gasteiger partial charge is 0.369 e. The van der Waals surface area contributed by atoms with Gasteiger partial charge in [0.25, 0.3) is 0 Å². The Balaban J connectivity index is 1.95. The lowest BCUT2D eigenvalue weighted by Gasteiger charge is -2.30. The number of hydrogen-bond donors (Lipinski definition) is 1. The first-order valence-corrected chi connectivity index (χ1v) is 6.36. The highest BCUT2D eigenvalue weighted by Gasteiger charge is 2.25. The zero-order valence-electron chi connectivity index (χ0n) is 10.6. The van der Waals surface area contributed by atoms with Gasteiger partial charge in [-0.05, 0) is 43.7 Å². The van der Waals surface area contributed by atoms with Gasteiger partial charge in [-0.1, -0.05) is 0 Å². The molecule has 1 aromatic carbocycles. The Morgan fingerprint density at radius 1 is 1.32 bits per heavy atom. The molecule has 0 bridgehead atoms. The van der Waals surface area contributed by atoms with Crippen molar-refractivity contribution in [3.8, 4) is 0 Å². The molecule has 19 heavy (non-hydrogen) atoms. The van der Waals surface area contributed by atoms with E-state index in [1.807, 2.05) is 4.90 Å². The number of Topliss-reactive ketones (excluding diaryl/α,β-unsaturated/α-hetero) is 1. The molecule has 1 aromatic rings. The van der Waals surface area contributed by atoms with Crippen LogP contribution in [0.15, 0.2) is 24.3 Å². The minimum Gasteiger partial charge on any atom is -0.369 e. The van der Waals surface area contributed by atoms with Crippen LogP contribution in [-0.2, 0) is 4.79 Å². The molecule has 0 aromatic heterocycles. The summed E-state index contributed by atoms with van der Waals surface area (Å²) in [6, 6.07) is 5.51. The molecular formula is C14H17FN2O2. The molecule has 2 N–H and O–H groups in total. The number of carbonyl (C=O) groups is 2. The van der Waals surface area contributed by atoms with Gasteiger partial charge in [0.1, 0.15) is 5.82 Å². The van der Waals surface area contributed by atoms with Gasteiger partial charge in [-0.25, -0.2) is 4.39 Å². The van der Waals surface area contributed by atoms with Crippen molar-refractivity contribution in [2.24, 2.45) is 11.7 Å². The highest BCUT2D eigenvalue weighted by molar-refractivity contribution is 5.97. The third kappa shape index (κ3) is 3.61. The Kier molecular flexibility index (Phi) is 4.27. The van der Waals surface area contributed by atoms with Crippen molar-refractivity contribution in [2.75, 3.05) is 19.6 Å². The van der Waals surface area contributed by atoms with Crippen LogP contribution in [0.2, 0.25) is 0 Å². The Morgan fingerprint density at radius 2 is 2.00 bits per heavy atom. The van der Waals surface area contributed by atoms with E-state index in [2.05, 4.69) is 0 Å². The SMILES string of the molecule is NC(=O)C1CCCN(CC(=O)c2ccc(F)cc2)C1. The van der Waals surface area contributed by atoms with Crippen molar-refractivity contribution >= 4 is 11.7 Å². The van der Waals surface area contributed by atoms with Crippen LogP contribution in [0, 0.1) is 11.7 Å². The number of likely N-dealkylation sites (tertiary alicyclic amines) is 1. The molecule has 5 heteroatoms. The number of nitrogens with zero attached hydrogens (tertiary/aromatic N) is 1. The van der Waals surface area contributed by atoms with Crippen molar-refractivity contribution in [1.82, 2.24) is 4.90 Å². The third-order valence-electron chi connectivity index (χ3n) is 3.44. The predicted molar refractivity (Wildman–Crippen MR) is 69.1 cm³/mol. The Labute approximate surface area is 111 Å². The average molecular weight is 264 g/mol. The van der Waals surface area contributed by atoms with E-state index in [1.54, 1.807) is 0 Å².